The van der Waals surface area contributed by atoms with Gasteiger partial charge in [0.15, 0.2) is 0 Å². The first-order valence-electron chi connectivity index (χ1n) is 5.78. The molecule has 1 amide bonds. The van der Waals surface area contributed by atoms with Crippen molar-refractivity contribution in [3.63, 3.8) is 0 Å². The van der Waals surface area contributed by atoms with E-state index >= 15 is 0 Å². The average molecular weight is 276 g/mol. The highest BCUT2D eigenvalue weighted by atomic mass is 32.2. The number of carbonyl (C=O) groups excluding carboxylic acids is 1. The smallest absolute Gasteiger partial charge is 0.326 e. The molecular weight excluding hydrogens is 259 g/mol. The molecule has 4 atom stereocenters. The summed E-state index contributed by atoms with van der Waals surface area (Å²) in [6.45, 7) is 0. The molecule has 0 spiro atoms. The van der Waals surface area contributed by atoms with Gasteiger partial charge >= 0.3 is 5.97 Å². The van der Waals surface area contributed by atoms with Gasteiger partial charge < -0.3 is 10.0 Å². The SMILES string of the molecule is O=C(O)[C@@H]1CCCC2SCC[C@H](NP)C(=O)N21. The maximum absolute atomic E-state index is 12.3. The predicted molar refractivity (Wildman–Crippen MR) is 69.6 cm³/mol. The summed E-state index contributed by atoms with van der Waals surface area (Å²) in [5, 5.41) is 12.2. The number of thioether (sulfide) groups is 1. The average Bonchev–Trinajstić information content (AvgIpc) is 2.48. The molecule has 2 unspecified atom stereocenters. The Balaban J connectivity index is 2.24. The number of carboxylic acids is 1. The molecule has 2 aliphatic heterocycles. The van der Waals surface area contributed by atoms with Gasteiger partial charge in [-0.05, 0) is 31.4 Å². The van der Waals surface area contributed by atoms with Gasteiger partial charge in [0, 0.05) is 0 Å². The van der Waals surface area contributed by atoms with Crippen molar-refractivity contribution in [2.24, 2.45) is 0 Å². The van der Waals surface area contributed by atoms with Crippen LogP contribution in [0.15, 0.2) is 0 Å². The molecule has 0 aromatic heterocycles. The molecule has 0 saturated carbocycles. The van der Waals surface area contributed by atoms with Gasteiger partial charge in [0.2, 0.25) is 5.91 Å². The molecule has 7 heteroatoms. The third kappa shape index (κ3) is 2.59. The van der Waals surface area contributed by atoms with Crippen LogP contribution in [0, 0.1) is 0 Å². The second-order valence-electron chi connectivity index (χ2n) is 4.36. The molecule has 5 nitrogen and oxygen atoms in total. The number of carbonyl (C=O) groups is 2. The van der Waals surface area contributed by atoms with Crippen LogP contribution in [0.1, 0.15) is 25.7 Å². The fourth-order valence-electron chi connectivity index (χ4n) is 2.45. The quantitative estimate of drug-likeness (QED) is 0.725. The minimum Gasteiger partial charge on any atom is -0.480 e. The molecule has 2 N–H and O–H groups in total. The zero-order valence-corrected chi connectivity index (χ0v) is 11.4. The van der Waals surface area contributed by atoms with Crippen molar-refractivity contribution in [2.45, 2.75) is 43.1 Å². The number of aliphatic carboxylic acids is 1. The number of carboxylic acid groups (broad SMARTS) is 1. The monoisotopic (exact) mass is 276 g/mol. The molecule has 2 rings (SSSR count). The Labute approximate surface area is 107 Å². The van der Waals surface area contributed by atoms with E-state index in [0.717, 1.165) is 25.0 Å². The molecule has 2 fully saturated rings. The van der Waals surface area contributed by atoms with E-state index < -0.39 is 12.0 Å². The number of nitrogens with one attached hydrogen (secondary N) is 1. The van der Waals surface area contributed by atoms with Crippen LogP contribution in [0.2, 0.25) is 0 Å². The Morgan fingerprint density at radius 3 is 2.88 bits per heavy atom. The van der Waals surface area contributed by atoms with E-state index in [4.69, 9.17) is 0 Å². The highest BCUT2D eigenvalue weighted by Gasteiger charge is 2.42. The van der Waals surface area contributed by atoms with Gasteiger partial charge in [0.25, 0.3) is 0 Å². The maximum atomic E-state index is 12.3. The van der Waals surface area contributed by atoms with Crippen LogP contribution in [0.4, 0.5) is 0 Å². The first-order chi connectivity index (χ1) is 8.15. The number of amides is 1. The van der Waals surface area contributed by atoms with Gasteiger partial charge in [-0.1, -0.05) is 9.39 Å². The van der Waals surface area contributed by atoms with Crippen LogP contribution in [-0.4, -0.2) is 45.1 Å². The number of hydrogen-bond acceptors (Lipinski definition) is 4. The van der Waals surface area contributed by atoms with Gasteiger partial charge in [0.05, 0.1) is 11.4 Å². The lowest BCUT2D eigenvalue weighted by Crippen LogP contribution is -2.55. The summed E-state index contributed by atoms with van der Waals surface area (Å²) in [6, 6.07) is -0.912. The summed E-state index contributed by atoms with van der Waals surface area (Å²) in [4.78, 5) is 25.1. The summed E-state index contributed by atoms with van der Waals surface area (Å²) >= 11 is 1.70. The fourth-order valence-corrected chi connectivity index (χ4v) is 4.14. The van der Waals surface area contributed by atoms with Crippen LogP contribution >= 0.6 is 21.2 Å². The van der Waals surface area contributed by atoms with Crippen molar-refractivity contribution >= 4 is 33.0 Å². The number of nitrogens with zero attached hydrogens (tertiary/aromatic N) is 1. The lowest BCUT2D eigenvalue weighted by atomic mass is 10.0. The summed E-state index contributed by atoms with van der Waals surface area (Å²) in [6.07, 6.45) is 3.12. The topological polar surface area (TPSA) is 69.6 Å². The maximum Gasteiger partial charge on any atom is 0.326 e. The number of rotatable bonds is 2. The highest BCUT2D eigenvalue weighted by molar-refractivity contribution is 7.99. The first kappa shape index (κ1) is 13.1. The normalized spacial score (nSPS) is 34.1. The van der Waals surface area contributed by atoms with E-state index in [-0.39, 0.29) is 17.3 Å². The van der Waals surface area contributed by atoms with Crippen LogP contribution in [-0.2, 0) is 9.59 Å². The lowest BCUT2D eigenvalue weighted by Gasteiger charge is -2.39. The van der Waals surface area contributed by atoms with Crippen LogP contribution < -0.4 is 5.09 Å². The molecule has 96 valence electrons. The summed E-state index contributed by atoms with van der Waals surface area (Å²) in [7, 11) is 2.36. The molecule has 0 aliphatic carbocycles. The van der Waals surface area contributed by atoms with E-state index in [1.54, 1.807) is 16.7 Å². The van der Waals surface area contributed by atoms with Crippen molar-refractivity contribution in [1.82, 2.24) is 9.99 Å². The Bertz CT molecular complexity index is 329. The second-order valence-corrected chi connectivity index (χ2v) is 5.98. The zero-order valence-electron chi connectivity index (χ0n) is 9.46. The van der Waals surface area contributed by atoms with E-state index in [0.29, 0.717) is 6.42 Å². The molecule has 0 aromatic rings. The molecule has 2 aliphatic rings. The number of piperidine rings is 1. The molecule has 0 bridgehead atoms. The standard InChI is InChI=1S/C10H17N2O3PS/c13-9-6(11-16)4-5-17-8-3-1-2-7(10(14)15)12(8)9/h6-8,11H,1-5,16H2,(H,14,15)/t6-,7-,8?/m0/s1. The molecule has 2 saturated heterocycles. The van der Waals surface area contributed by atoms with E-state index in [1.165, 1.54) is 0 Å². The van der Waals surface area contributed by atoms with Gasteiger partial charge in [-0.25, -0.2) is 4.79 Å². The lowest BCUT2D eigenvalue weighted by molar-refractivity contribution is -0.153. The van der Waals surface area contributed by atoms with Crippen LogP contribution in [0.25, 0.3) is 0 Å². The fraction of sp³-hybridized carbons (Fsp3) is 0.800. The number of fused-ring (bicyclic) bond motifs is 1. The minimum absolute atomic E-state index is 0.0423. The summed E-state index contributed by atoms with van der Waals surface area (Å²) in [5.41, 5.74) is 0. The summed E-state index contributed by atoms with van der Waals surface area (Å²) < 4.78 is 0. The van der Waals surface area contributed by atoms with Crippen LogP contribution in [0.3, 0.4) is 0 Å². The van der Waals surface area contributed by atoms with E-state index in [1.807, 2.05) is 0 Å². The van der Waals surface area contributed by atoms with Gasteiger partial charge in [-0.3, -0.25) is 9.88 Å². The first-order valence-corrected chi connectivity index (χ1v) is 7.40. The third-order valence-corrected chi connectivity index (χ3v) is 5.05. The van der Waals surface area contributed by atoms with Gasteiger partial charge in [-0.15, -0.1) is 11.8 Å². The third-order valence-electron chi connectivity index (χ3n) is 3.33. The van der Waals surface area contributed by atoms with Crippen molar-refractivity contribution in [1.29, 1.82) is 0 Å². The van der Waals surface area contributed by atoms with Gasteiger partial charge in [0.1, 0.15) is 6.04 Å². The Morgan fingerprint density at radius 1 is 1.47 bits per heavy atom. The molecule has 2 heterocycles. The number of hydrogen-bond donors (Lipinski definition) is 2. The second kappa shape index (κ2) is 5.55. The molecule has 17 heavy (non-hydrogen) atoms. The summed E-state index contributed by atoms with van der Waals surface area (Å²) in [5.74, 6) is -0.0548. The molecule has 0 radical (unpaired) electrons. The van der Waals surface area contributed by atoms with Crippen molar-refractivity contribution in [2.75, 3.05) is 5.75 Å². The molecule has 0 aromatic carbocycles. The largest absolute Gasteiger partial charge is 0.480 e. The molecular formula is C10H17N2O3PS. The zero-order chi connectivity index (χ0) is 12.4. The van der Waals surface area contributed by atoms with Gasteiger partial charge in [-0.2, -0.15) is 0 Å². The van der Waals surface area contributed by atoms with E-state index in [2.05, 4.69) is 14.5 Å². The van der Waals surface area contributed by atoms with Crippen LogP contribution in [0.5, 0.6) is 0 Å². The Hall–Kier alpha value is -0.320. The minimum atomic E-state index is -0.881. The van der Waals surface area contributed by atoms with Crippen molar-refractivity contribution in [3.8, 4) is 0 Å². The predicted octanol–water partition coefficient (Wildman–Crippen LogP) is 0.663. The van der Waals surface area contributed by atoms with Crippen molar-refractivity contribution < 1.29 is 14.7 Å². The Morgan fingerprint density at radius 2 is 2.24 bits per heavy atom. The van der Waals surface area contributed by atoms with E-state index in [9.17, 15) is 14.7 Å². The highest BCUT2D eigenvalue weighted by Crippen LogP contribution is 2.34. The van der Waals surface area contributed by atoms with Crippen molar-refractivity contribution in [3.05, 3.63) is 0 Å². The Kier molecular flexibility index (Phi) is 4.28.